The maximum absolute atomic E-state index is 7.68. The second-order valence-electron chi connectivity index (χ2n) is 10.2. The van der Waals surface area contributed by atoms with Gasteiger partial charge in [-0.05, 0) is 6.07 Å². The third-order valence-electron chi connectivity index (χ3n) is 7.82. The van der Waals surface area contributed by atoms with Crippen molar-refractivity contribution in [3.8, 4) is 0 Å². The first kappa shape index (κ1) is 23.7. The Morgan fingerprint density at radius 3 is 1.67 bits per heavy atom. The number of rotatable bonds is 2. The summed E-state index contributed by atoms with van der Waals surface area (Å²) >= 11 is -2.71. The first-order valence-corrected chi connectivity index (χ1v) is 16.3. The highest BCUT2D eigenvalue weighted by molar-refractivity contribution is 7.05. The number of hydrogen-bond donors (Lipinski definition) is 0. The van der Waals surface area contributed by atoms with Crippen LogP contribution in [0.3, 0.4) is 0 Å². The van der Waals surface area contributed by atoms with Crippen molar-refractivity contribution in [2.45, 2.75) is 0 Å². The minimum Gasteiger partial charge on any atom is -0.370 e. The Morgan fingerprint density at radius 1 is 0.619 bits per heavy atom. The van der Waals surface area contributed by atoms with E-state index in [0.717, 1.165) is 38.6 Å². The average Bonchev–Trinajstić information content (AvgIpc) is 3.73. The SMILES string of the molecule is C=CC=Cc1cc2[n]3c1N=C1N=C(N=c4c5ccccc5c([n]4[Al]3[Cl])=NC3=NC(=N2)c2ccccc23)c2ccccc21. The van der Waals surface area contributed by atoms with Gasteiger partial charge in [-0.15, -0.1) is 0 Å². The van der Waals surface area contributed by atoms with E-state index in [1.165, 1.54) is 0 Å². The zero-order valence-corrected chi connectivity index (χ0v) is 23.9. The van der Waals surface area contributed by atoms with Crippen LogP contribution in [0, 0.1) is 0 Å². The molecule has 0 saturated heterocycles. The lowest BCUT2D eigenvalue weighted by atomic mass is 10.1. The van der Waals surface area contributed by atoms with Crippen LogP contribution in [0.2, 0.25) is 0 Å². The number of nitrogens with zero attached hydrogens (tertiary/aromatic N) is 8. The van der Waals surface area contributed by atoms with E-state index in [1.54, 1.807) is 6.08 Å². The number of aromatic nitrogens is 2. The van der Waals surface area contributed by atoms with Crippen LogP contribution in [-0.2, 0) is 0 Å². The number of fused-ring (bicyclic) bond motifs is 11. The van der Waals surface area contributed by atoms with Crippen molar-refractivity contribution in [2.24, 2.45) is 30.0 Å². The summed E-state index contributed by atoms with van der Waals surface area (Å²) in [6, 6.07) is 26.2. The van der Waals surface area contributed by atoms with Gasteiger partial charge in [-0.25, -0.2) is 30.0 Å². The van der Waals surface area contributed by atoms with E-state index in [1.807, 2.05) is 82.4 Å². The Kier molecular flexibility index (Phi) is 4.96. The van der Waals surface area contributed by atoms with E-state index in [-0.39, 0.29) is 0 Å². The molecule has 0 radical (unpaired) electrons. The van der Waals surface area contributed by atoms with Gasteiger partial charge in [-0.2, -0.15) is 10.0 Å². The van der Waals surface area contributed by atoms with Crippen LogP contribution in [0.15, 0.2) is 128 Å². The minimum atomic E-state index is -2.71. The largest absolute Gasteiger partial charge is 0.722 e. The predicted molar refractivity (Wildman–Crippen MR) is 169 cm³/mol. The maximum Gasteiger partial charge on any atom is 0.722 e. The molecule has 42 heavy (non-hydrogen) atoms. The molecule has 0 N–H and O–H groups in total. The van der Waals surface area contributed by atoms with Crippen molar-refractivity contribution in [2.75, 3.05) is 0 Å². The molecular formula is C32H18AlClN8. The van der Waals surface area contributed by atoms with Gasteiger partial charge >= 0.3 is 13.7 Å². The summed E-state index contributed by atoms with van der Waals surface area (Å²) in [4.78, 5) is 30.6. The maximum atomic E-state index is 7.68. The fourth-order valence-corrected chi connectivity index (χ4v) is 8.87. The van der Waals surface area contributed by atoms with Gasteiger partial charge in [0.25, 0.3) is 0 Å². The predicted octanol–water partition coefficient (Wildman–Crippen LogP) is 5.21. The van der Waals surface area contributed by atoms with Gasteiger partial charge in [-0.3, -0.25) is 0 Å². The summed E-state index contributed by atoms with van der Waals surface area (Å²) in [5.41, 5.74) is 5.95. The molecule has 0 atom stereocenters. The lowest BCUT2D eigenvalue weighted by molar-refractivity contribution is 0.981. The molecular weight excluding hydrogens is 559 g/mol. The summed E-state index contributed by atoms with van der Waals surface area (Å²) in [7, 11) is 7.68. The molecule has 10 heteroatoms. The second-order valence-corrected chi connectivity index (χ2v) is 13.0. The molecule has 0 unspecified atom stereocenters. The number of hydrogen-bond acceptors (Lipinski definition) is 6. The third kappa shape index (κ3) is 3.24. The van der Waals surface area contributed by atoms with Crippen molar-refractivity contribution < 1.29 is 0 Å². The fraction of sp³-hybridized carbons (Fsp3) is 0. The first-order chi connectivity index (χ1) is 20.7. The van der Waals surface area contributed by atoms with Crippen molar-refractivity contribution in [1.29, 1.82) is 0 Å². The molecule has 0 amide bonds. The van der Waals surface area contributed by atoms with E-state index in [9.17, 15) is 0 Å². The van der Waals surface area contributed by atoms with Gasteiger partial charge < -0.3 is 7.10 Å². The van der Waals surface area contributed by atoms with Gasteiger partial charge in [0, 0.05) is 38.6 Å². The molecule has 9 rings (SSSR count). The lowest BCUT2D eigenvalue weighted by Gasteiger charge is -2.15. The average molecular weight is 577 g/mol. The van der Waals surface area contributed by atoms with Gasteiger partial charge in [0.05, 0.1) is 0 Å². The standard InChI is InChI=1S/C32H18N8.Al.ClH/c1-2-3-10-18-17-25-33-26(18)35-28-21-13-6-7-14-22(21)30(37-28)39-32-24-16-9-8-15-23(24)31(40-32)38-29-20-12-5-4-11-19(20)27(34-25)36-29;;/h2-17H,1H2;;1H/q-2;+3;/p-1. The smallest absolute Gasteiger partial charge is 0.370 e. The highest BCUT2D eigenvalue weighted by Gasteiger charge is 2.37. The van der Waals surface area contributed by atoms with Gasteiger partial charge in [0.15, 0.2) is 23.3 Å². The monoisotopic (exact) mass is 576 g/mol. The second kappa shape index (κ2) is 8.78. The molecule has 6 bridgehead atoms. The van der Waals surface area contributed by atoms with Crippen LogP contribution in [-0.4, -0.2) is 44.1 Å². The highest BCUT2D eigenvalue weighted by atomic mass is 35.6. The quantitative estimate of drug-likeness (QED) is 0.204. The zero-order chi connectivity index (χ0) is 27.9. The van der Waals surface area contributed by atoms with E-state index in [4.69, 9.17) is 40.0 Å². The summed E-state index contributed by atoms with van der Waals surface area (Å²) in [5.74, 6) is 3.70. The molecule has 4 aliphatic heterocycles. The van der Waals surface area contributed by atoms with Crippen LogP contribution in [0.4, 0.5) is 11.6 Å². The number of benzene rings is 3. The number of amidine groups is 4. The number of halogens is 1. The van der Waals surface area contributed by atoms with Crippen molar-refractivity contribution in [3.63, 3.8) is 0 Å². The minimum absolute atomic E-state index is 0.585. The van der Waals surface area contributed by atoms with Crippen LogP contribution in [0.1, 0.15) is 27.8 Å². The molecule has 8 nitrogen and oxygen atoms in total. The zero-order valence-electron chi connectivity index (χ0n) is 22.0. The number of aliphatic imine (C=N–C) groups is 4. The van der Waals surface area contributed by atoms with Crippen LogP contribution in [0.5, 0.6) is 0 Å². The van der Waals surface area contributed by atoms with Gasteiger partial charge in [0.2, 0.25) is 0 Å². The normalized spacial score (nSPS) is 15.7. The van der Waals surface area contributed by atoms with Gasteiger partial charge in [-0.1, -0.05) is 97.6 Å². The molecule has 2 aromatic heterocycles. The third-order valence-corrected chi connectivity index (χ3v) is 10.8. The van der Waals surface area contributed by atoms with Crippen molar-refractivity contribution in [1.82, 2.24) is 7.10 Å². The highest BCUT2D eigenvalue weighted by Crippen LogP contribution is 2.36. The summed E-state index contributed by atoms with van der Waals surface area (Å²) < 4.78 is 4.12. The van der Waals surface area contributed by atoms with E-state index >= 15 is 0 Å². The Labute approximate surface area is 248 Å². The van der Waals surface area contributed by atoms with Crippen molar-refractivity contribution in [3.05, 3.63) is 136 Å². The Balaban J connectivity index is 1.54. The number of allylic oxidation sites excluding steroid dienone is 2. The molecule has 0 fully saturated rings. The molecule has 0 saturated carbocycles. The lowest BCUT2D eigenvalue weighted by Crippen LogP contribution is -2.43. The molecule has 4 aliphatic rings. The van der Waals surface area contributed by atoms with Crippen LogP contribution < -0.4 is 11.0 Å². The Bertz CT molecular complexity index is 2300. The van der Waals surface area contributed by atoms with Crippen LogP contribution >= 0.6 is 10.0 Å². The molecule has 5 aromatic rings. The fourth-order valence-electron chi connectivity index (χ4n) is 5.95. The van der Waals surface area contributed by atoms with E-state index in [2.05, 4.69) is 22.3 Å². The molecule has 6 heterocycles. The summed E-state index contributed by atoms with van der Waals surface area (Å²) in [5, 5.41) is 1.88. The summed E-state index contributed by atoms with van der Waals surface area (Å²) in [6.07, 6.45) is 5.60. The van der Waals surface area contributed by atoms with E-state index < -0.39 is 13.7 Å². The van der Waals surface area contributed by atoms with Gasteiger partial charge in [0.1, 0.15) is 22.6 Å². The van der Waals surface area contributed by atoms with Crippen molar-refractivity contribution >= 4 is 75.5 Å². The molecule has 0 aliphatic carbocycles. The topological polar surface area (TPSA) is 84.0 Å². The Morgan fingerprint density at radius 2 is 1.12 bits per heavy atom. The molecule has 3 aromatic carbocycles. The molecule has 196 valence electrons. The molecule has 0 spiro atoms. The first-order valence-electron chi connectivity index (χ1n) is 13.5. The van der Waals surface area contributed by atoms with E-state index in [0.29, 0.717) is 46.0 Å². The Hall–Kier alpha value is -4.94. The van der Waals surface area contributed by atoms with Crippen LogP contribution in [0.25, 0.3) is 16.8 Å². The summed E-state index contributed by atoms with van der Waals surface area (Å²) in [6.45, 7) is 3.87.